The second-order valence-electron chi connectivity index (χ2n) is 7.77. The fourth-order valence-electron chi connectivity index (χ4n) is 4.39. The second kappa shape index (κ2) is 9.22. The summed E-state index contributed by atoms with van der Waals surface area (Å²) in [5.41, 5.74) is 11.9. The Hall–Kier alpha value is -1.08. The van der Waals surface area contributed by atoms with Crippen LogP contribution in [0.3, 0.4) is 0 Å². The van der Waals surface area contributed by atoms with Crippen LogP contribution >= 0.6 is 11.8 Å². The molecule has 5 atom stereocenters. The lowest BCUT2D eigenvalue weighted by atomic mass is 9.72. The number of fused-ring (bicyclic) bond motifs is 1. The minimum Gasteiger partial charge on any atom is -0.390 e. The molecule has 5 nitrogen and oxygen atoms in total. The van der Waals surface area contributed by atoms with Crippen LogP contribution in [0.2, 0.25) is 0 Å². The van der Waals surface area contributed by atoms with Crippen LogP contribution in [0.1, 0.15) is 32.1 Å². The third kappa shape index (κ3) is 5.00. The van der Waals surface area contributed by atoms with Crippen molar-refractivity contribution in [1.82, 2.24) is 4.90 Å². The Morgan fingerprint density at radius 2 is 1.92 bits per heavy atom. The molecule has 0 aromatic heterocycles. The minimum atomic E-state index is -0.659. The molecule has 5 N–H and O–H groups in total. The maximum atomic E-state index is 12.0. The van der Waals surface area contributed by atoms with Crippen LogP contribution in [0.15, 0.2) is 35.2 Å². The minimum absolute atomic E-state index is 0.266. The maximum Gasteiger partial charge on any atom is 0.234 e. The number of benzene rings is 1. The standard InChI is InChI=1S/C20H31N3O2S/c21-17(13-26-16-8-2-1-3-9-16)19(24)12-23-11-15-7-5-4-6-14(15)10-18(23)20(22)25/h1-3,8-9,14-15,17-19,24H,4-7,10-13,21H2,(H2,22,25)/t14?,15?,17-,18?,19?/m0/s1. The van der Waals surface area contributed by atoms with Gasteiger partial charge in [0.05, 0.1) is 12.1 Å². The zero-order valence-electron chi connectivity index (χ0n) is 15.3. The molecular formula is C20H31N3O2S. The molecule has 1 amide bonds. The average molecular weight is 378 g/mol. The van der Waals surface area contributed by atoms with E-state index in [2.05, 4.69) is 4.90 Å². The highest BCUT2D eigenvalue weighted by atomic mass is 32.2. The molecule has 0 bridgehead atoms. The predicted octanol–water partition coefficient (Wildman–Crippen LogP) is 1.83. The van der Waals surface area contributed by atoms with E-state index < -0.39 is 6.10 Å². The molecule has 0 spiro atoms. The molecule has 1 aromatic rings. The van der Waals surface area contributed by atoms with Gasteiger partial charge < -0.3 is 16.6 Å². The predicted molar refractivity (Wildman–Crippen MR) is 106 cm³/mol. The van der Waals surface area contributed by atoms with Gasteiger partial charge in [-0.15, -0.1) is 11.8 Å². The quantitative estimate of drug-likeness (QED) is 0.631. The van der Waals surface area contributed by atoms with E-state index in [1.165, 1.54) is 25.7 Å². The van der Waals surface area contributed by atoms with Crippen molar-refractivity contribution in [3.05, 3.63) is 30.3 Å². The van der Waals surface area contributed by atoms with Gasteiger partial charge >= 0.3 is 0 Å². The fourth-order valence-corrected chi connectivity index (χ4v) is 5.35. The molecular weight excluding hydrogens is 346 g/mol. The van der Waals surface area contributed by atoms with Crippen LogP contribution in [-0.2, 0) is 4.79 Å². The lowest BCUT2D eigenvalue weighted by molar-refractivity contribution is -0.127. The SMILES string of the molecule is NC(=O)C1CC2CCCCC2CN1CC(O)[C@@H](N)CSc1ccccc1. The normalized spacial score (nSPS) is 28.9. The Morgan fingerprint density at radius 1 is 1.23 bits per heavy atom. The maximum absolute atomic E-state index is 12.0. The highest BCUT2D eigenvalue weighted by molar-refractivity contribution is 7.99. The highest BCUT2D eigenvalue weighted by Gasteiger charge is 2.39. The average Bonchev–Trinajstić information content (AvgIpc) is 2.66. The van der Waals surface area contributed by atoms with Gasteiger partial charge in [-0.2, -0.15) is 0 Å². The van der Waals surface area contributed by atoms with Gasteiger partial charge in [0.1, 0.15) is 0 Å². The number of rotatable bonds is 7. The van der Waals surface area contributed by atoms with Gasteiger partial charge in [0.15, 0.2) is 0 Å². The Balaban J connectivity index is 1.55. The lowest BCUT2D eigenvalue weighted by Gasteiger charge is -2.45. The number of carbonyl (C=O) groups excluding carboxylic acids is 1. The Labute approximate surface area is 160 Å². The molecule has 6 heteroatoms. The van der Waals surface area contributed by atoms with Crippen LogP contribution in [0.5, 0.6) is 0 Å². The molecule has 2 fully saturated rings. The Morgan fingerprint density at radius 3 is 2.62 bits per heavy atom. The van der Waals surface area contributed by atoms with Crippen LogP contribution in [-0.4, -0.2) is 52.9 Å². The smallest absolute Gasteiger partial charge is 0.234 e. The van der Waals surface area contributed by atoms with Gasteiger partial charge in [-0.25, -0.2) is 0 Å². The van der Waals surface area contributed by atoms with E-state index in [1.807, 2.05) is 30.3 Å². The molecule has 0 radical (unpaired) electrons. The van der Waals surface area contributed by atoms with Crippen molar-refractivity contribution >= 4 is 17.7 Å². The summed E-state index contributed by atoms with van der Waals surface area (Å²) in [5, 5.41) is 10.6. The number of hydrogen-bond acceptors (Lipinski definition) is 5. The number of nitrogens with two attached hydrogens (primary N) is 2. The van der Waals surface area contributed by atoms with Crippen molar-refractivity contribution < 1.29 is 9.90 Å². The van der Waals surface area contributed by atoms with Crippen LogP contribution in [0.25, 0.3) is 0 Å². The van der Waals surface area contributed by atoms with Gasteiger partial charge in [0, 0.05) is 29.8 Å². The van der Waals surface area contributed by atoms with Crippen LogP contribution < -0.4 is 11.5 Å². The van der Waals surface area contributed by atoms with Crippen molar-refractivity contribution in [2.45, 2.75) is 55.2 Å². The topological polar surface area (TPSA) is 92.6 Å². The molecule has 1 heterocycles. The summed E-state index contributed by atoms with van der Waals surface area (Å²) in [6.07, 6.45) is 5.13. The lowest BCUT2D eigenvalue weighted by Crippen LogP contribution is -2.57. The van der Waals surface area contributed by atoms with Crippen LogP contribution in [0.4, 0.5) is 0 Å². The number of amides is 1. The van der Waals surface area contributed by atoms with E-state index in [4.69, 9.17) is 11.5 Å². The molecule has 1 aromatic carbocycles. The molecule has 144 valence electrons. The van der Waals surface area contributed by atoms with Crippen molar-refractivity contribution in [3.8, 4) is 0 Å². The molecule has 1 aliphatic heterocycles. The number of thioether (sulfide) groups is 1. The first kappa shape index (κ1) is 19.7. The van der Waals surface area contributed by atoms with Crippen molar-refractivity contribution in [2.75, 3.05) is 18.8 Å². The van der Waals surface area contributed by atoms with Gasteiger partial charge in [-0.3, -0.25) is 9.69 Å². The summed E-state index contributed by atoms with van der Waals surface area (Å²) < 4.78 is 0. The van der Waals surface area contributed by atoms with Gasteiger partial charge in [-0.1, -0.05) is 37.5 Å². The van der Waals surface area contributed by atoms with Crippen molar-refractivity contribution in [3.63, 3.8) is 0 Å². The number of likely N-dealkylation sites (tertiary alicyclic amines) is 1. The van der Waals surface area contributed by atoms with E-state index in [9.17, 15) is 9.90 Å². The van der Waals surface area contributed by atoms with Crippen LogP contribution in [0, 0.1) is 11.8 Å². The Bertz CT molecular complexity index is 586. The third-order valence-electron chi connectivity index (χ3n) is 5.93. The number of aliphatic hydroxyl groups is 1. The first-order chi connectivity index (χ1) is 12.5. The summed E-state index contributed by atoms with van der Waals surface area (Å²) in [6, 6.07) is 9.46. The zero-order valence-corrected chi connectivity index (χ0v) is 16.1. The molecule has 4 unspecified atom stereocenters. The van der Waals surface area contributed by atoms with Gasteiger partial charge in [0.2, 0.25) is 5.91 Å². The summed E-state index contributed by atoms with van der Waals surface area (Å²) in [7, 11) is 0. The number of nitrogens with zero attached hydrogens (tertiary/aromatic N) is 1. The molecule has 1 saturated carbocycles. The second-order valence-corrected chi connectivity index (χ2v) is 8.86. The summed E-state index contributed by atoms with van der Waals surface area (Å²) >= 11 is 1.65. The van der Waals surface area contributed by atoms with E-state index in [0.29, 0.717) is 24.1 Å². The number of piperidine rings is 1. The third-order valence-corrected chi connectivity index (χ3v) is 7.09. The first-order valence-electron chi connectivity index (χ1n) is 9.69. The van der Waals surface area contributed by atoms with Crippen molar-refractivity contribution in [1.29, 1.82) is 0 Å². The van der Waals surface area contributed by atoms with E-state index in [-0.39, 0.29) is 18.0 Å². The summed E-state index contributed by atoms with van der Waals surface area (Å²) in [5.74, 6) is 1.61. The summed E-state index contributed by atoms with van der Waals surface area (Å²) in [4.78, 5) is 15.2. The molecule has 2 aliphatic rings. The zero-order chi connectivity index (χ0) is 18.5. The molecule has 3 rings (SSSR count). The van der Waals surface area contributed by atoms with E-state index in [0.717, 1.165) is 17.9 Å². The number of primary amides is 1. The number of aliphatic hydroxyl groups excluding tert-OH is 1. The highest BCUT2D eigenvalue weighted by Crippen LogP contribution is 2.38. The van der Waals surface area contributed by atoms with E-state index in [1.54, 1.807) is 11.8 Å². The molecule has 1 saturated heterocycles. The molecule has 26 heavy (non-hydrogen) atoms. The summed E-state index contributed by atoms with van der Waals surface area (Å²) in [6.45, 7) is 1.28. The van der Waals surface area contributed by atoms with Gasteiger partial charge in [0.25, 0.3) is 0 Å². The fraction of sp³-hybridized carbons (Fsp3) is 0.650. The number of carbonyl (C=O) groups is 1. The van der Waals surface area contributed by atoms with Gasteiger partial charge in [-0.05, 0) is 36.8 Å². The monoisotopic (exact) mass is 377 g/mol. The number of β-amino-alcohol motifs (C(OH)–C–C–N with tert-alkyl or cyclic N) is 1. The first-order valence-corrected chi connectivity index (χ1v) is 10.7. The van der Waals surface area contributed by atoms with E-state index >= 15 is 0 Å². The Kier molecular flexibility index (Phi) is 6.98. The number of hydrogen-bond donors (Lipinski definition) is 3. The van der Waals surface area contributed by atoms with Crippen molar-refractivity contribution in [2.24, 2.45) is 23.3 Å². The molecule has 1 aliphatic carbocycles. The largest absolute Gasteiger partial charge is 0.390 e.